The number of methoxy groups -OCH3 is 1. The number of anilines is 1. The van der Waals surface area contributed by atoms with E-state index in [1.165, 1.54) is 7.11 Å². The predicted molar refractivity (Wildman–Crippen MR) is 131 cm³/mol. The molecule has 0 bridgehead atoms. The normalized spacial score (nSPS) is 13.2. The molecule has 0 saturated heterocycles. The van der Waals surface area contributed by atoms with E-state index in [1.54, 1.807) is 0 Å². The summed E-state index contributed by atoms with van der Waals surface area (Å²) in [6, 6.07) is 14.6. The second kappa shape index (κ2) is 10.4. The molecule has 6 heteroatoms. The zero-order valence-electron chi connectivity index (χ0n) is 19.6. The topological polar surface area (TPSA) is 56.6 Å². The highest BCUT2D eigenvalue weighted by Crippen LogP contribution is 2.34. The summed E-state index contributed by atoms with van der Waals surface area (Å²) in [5.74, 6) is 0.603. The van der Waals surface area contributed by atoms with Gasteiger partial charge in [-0.1, -0.05) is 25.1 Å². The van der Waals surface area contributed by atoms with Gasteiger partial charge in [-0.3, -0.25) is 4.68 Å². The van der Waals surface area contributed by atoms with Crippen molar-refractivity contribution in [3.8, 4) is 16.9 Å². The molecule has 1 aliphatic heterocycles. The number of aryl methyl sites for hydroxylation is 1. The Bertz CT molecular complexity index is 1130. The van der Waals surface area contributed by atoms with Gasteiger partial charge in [0.1, 0.15) is 5.75 Å². The quantitative estimate of drug-likeness (QED) is 0.439. The van der Waals surface area contributed by atoms with E-state index >= 15 is 0 Å². The van der Waals surface area contributed by atoms with Gasteiger partial charge in [0.15, 0.2) is 0 Å². The van der Waals surface area contributed by atoms with Crippen molar-refractivity contribution in [3.05, 3.63) is 71.6 Å². The lowest BCUT2D eigenvalue weighted by atomic mass is 10.00. The first kappa shape index (κ1) is 22.6. The summed E-state index contributed by atoms with van der Waals surface area (Å²) in [6.45, 7) is 7.20. The van der Waals surface area contributed by atoms with Crippen LogP contribution in [0.1, 0.15) is 37.8 Å². The minimum atomic E-state index is -0.274. The molecule has 0 fully saturated rings. The van der Waals surface area contributed by atoms with Gasteiger partial charge >= 0.3 is 5.97 Å². The van der Waals surface area contributed by atoms with Gasteiger partial charge in [-0.05, 0) is 66.8 Å². The lowest BCUT2D eigenvalue weighted by molar-refractivity contribution is -0.136. The molecular weight excluding hydrogens is 414 g/mol. The van der Waals surface area contributed by atoms with Gasteiger partial charge in [0, 0.05) is 42.7 Å². The molecule has 6 nitrogen and oxygen atoms in total. The maximum atomic E-state index is 12.4. The molecule has 172 valence electrons. The predicted octanol–water partition coefficient (Wildman–Crippen LogP) is 5.33. The van der Waals surface area contributed by atoms with E-state index in [2.05, 4.69) is 60.4 Å². The van der Waals surface area contributed by atoms with Gasteiger partial charge in [-0.2, -0.15) is 5.10 Å². The first-order valence-electron chi connectivity index (χ1n) is 11.5. The fourth-order valence-electron chi connectivity index (χ4n) is 4.07. The molecule has 0 unspecified atom stereocenters. The van der Waals surface area contributed by atoms with Crippen LogP contribution in [0.5, 0.6) is 5.75 Å². The number of carbonyl (C=O) groups excluding carboxylic acids is 1. The molecule has 2 heterocycles. The zero-order chi connectivity index (χ0) is 23.2. The van der Waals surface area contributed by atoms with Crippen molar-refractivity contribution in [2.75, 3.05) is 25.2 Å². The lowest BCUT2D eigenvalue weighted by Gasteiger charge is -2.25. The third-order valence-corrected chi connectivity index (χ3v) is 5.84. The fourth-order valence-corrected chi connectivity index (χ4v) is 4.07. The highest BCUT2D eigenvalue weighted by atomic mass is 16.5. The first-order chi connectivity index (χ1) is 16.1. The summed E-state index contributed by atoms with van der Waals surface area (Å²) in [5, 5.41) is 4.41. The van der Waals surface area contributed by atoms with Crippen molar-refractivity contribution < 1.29 is 14.3 Å². The lowest BCUT2D eigenvalue weighted by Crippen LogP contribution is -2.24. The number of benzene rings is 2. The SMILES string of the molecule is CCCOc1ccc(-c2ccc3c(c2)C=C(C(=O)OC)CCN3Cc2cnn(CC)c2)cc1. The average Bonchev–Trinajstić information content (AvgIpc) is 3.23. The van der Waals surface area contributed by atoms with Gasteiger partial charge in [0.05, 0.1) is 19.9 Å². The van der Waals surface area contributed by atoms with Gasteiger partial charge in [0.2, 0.25) is 0 Å². The van der Waals surface area contributed by atoms with E-state index in [0.29, 0.717) is 18.6 Å². The summed E-state index contributed by atoms with van der Waals surface area (Å²) in [6.07, 6.45) is 7.58. The number of rotatable bonds is 8. The Labute approximate surface area is 195 Å². The highest BCUT2D eigenvalue weighted by molar-refractivity contribution is 5.96. The molecule has 1 aromatic heterocycles. The minimum Gasteiger partial charge on any atom is -0.494 e. The largest absolute Gasteiger partial charge is 0.494 e. The zero-order valence-corrected chi connectivity index (χ0v) is 19.6. The van der Waals surface area contributed by atoms with E-state index in [0.717, 1.165) is 59.7 Å². The van der Waals surface area contributed by atoms with Crippen LogP contribution in [0.15, 0.2) is 60.4 Å². The molecule has 0 spiro atoms. The molecule has 0 saturated carbocycles. The molecular formula is C27H31N3O3. The minimum absolute atomic E-state index is 0.274. The highest BCUT2D eigenvalue weighted by Gasteiger charge is 2.21. The van der Waals surface area contributed by atoms with Crippen molar-refractivity contribution in [1.29, 1.82) is 0 Å². The van der Waals surface area contributed by atoms with Crippen molar-refractivity contribution in [3.63, 3.8) is 0 Å². The van der Waals surface area contributed by atoms with E-state index < -0.39 is 0 Å². The standard InChI is InChI=1S/C27H31N3O3/c1-4-14-33-25-9-6-21(7-10-25)22-8-11-26-24(15-22)16-23(27(31)32-3)12-13-29(26)18-20-17-28-30(5-2)19-20/h6-11,15-17,19H,4-5,12-14,18H2,1-3H3. The number of nitrogens with zero attached hydrogens (tertiary/aromatic N) is 3. The van der Waals surface area contributed by atoms with Crippen molar-refractivity contribution >= 4 is 17.7 Å². The van der Waals surface area contributed by atoms with Crippen LogP contribution in [-0.2, 0) is 22.6 Å². The van der Waals surface area contributed by atoms with Crippen LogP contribution < -0.4 is 9.64 Å². The molecule has 33 heavy (non-hydrogen) atoms. The van der Waals surface area contributed by atoms with Crippen molar-refractivity contribution in [2.45, 2.75) is 39.8 Å². The molecule has 4 rings (SSSR count). The maximum absolute atomic E-state index is 12.4. The van der Waals surface area contributed by atoms with Crippen molar-refractivity contribution in [1.82, 2.24) is 9.78 Å². The second-order valence-corrected chi connectivity index (χ2v) is 8.18. The van der Waals surface area contributed by atoms with Crippen LogP contribution in [0.25, 0.3) is 17.2 Å². The molecule has 0 atom stereocenters. The van der Waals surface area contributed by atoms with Gasteiger partial charge in [-0.25, -0.2) is 4.79 Å². The molecule has 1 aliphatic rings. The average molecular weight is 446 g/mol. The number of esters is 1. The second-order valence-electron chi connectivity index (χ2n) is 8.18. The monoisotopic (exact) mass is 445 g/mol. The van der Waals surface area contributed by atoms with Crippen LogP contribution in [0, 0.1) is 0 Å². The third-order valence-electron chi connectivity index (χ3n) is 5.84. The number of hydrogen-bond acceptors (Lipinski definition) is 5. The Kier molecular flexibility index (Phi) is 7.13. The first-order valence-corrected chi connectivity index (χ1v) is 11.5. The number of fused-ring (bicyclic) bond motifs is 1. The van der Waals surface area contributed by atoms with E-state index in [1.807, 2.05) is 29.1 Å². The van der Waals surface area contributed by atoms with E-state index in [-0.39, 0.29) is 5.97 Å². The summed E-state index contributed by atoms with van der Waals surface area (Å²) in [7, 11) is 1.43. The smallest absolute Gasteiger partial charge is 0.333 e. The summed E-state index contributed by atoms with van der Waals surface area (Å²) >= 11 is 0. The maximum Gasteiger partial charge on any atom is 0.333 e. The van der Waals surface area contributed by atoms with Gasteiger partial charge < -0.3 is 14.4 Å². The molecule has 0 amide bonds. The van der Waals surface area contributed by atoms with E-state index in [4.69, 9.17) is 9.47 Å². The van der Waals surface area contributed by atoms with Crippen LogP contribution in [0.4, 0.5) is 5.69 Å². The van der Waals surface area contributed by atoms with Crippen molar-refractivity contribution in [2.24, 2.45) is 0 Å². The summed E-state index contributed by atoms with van der Waals surface area (Å²) in [4.78, 5) is 14.7. The Morgan fingerprint density at radius 3 is 2.58 bits per heavy atom. The Morgan fingerprint density at radius 1 is 1.09 bits per heavy atom. The molecule has 0 radical (unpaired) electrons. The molecule has 2 aromatic carbocycles. The summed E-state index contributed by atoms with van der Waals surface area (Å²) < 4.78 is 12.7. The number of ether oxygens (including phenoxy) is 2. The van der Waals surface area contributed by atoms with Crippen LogP contribution in [0.2, 0.25) is 0 Å². The number of aromatic nitrogens is 2. The Hall–Kier alpha value is -3.54. The molecule has 3 aromatic rings. The third kappa shape index (κ3) is 5.28. The van der Waals surface area contributed by atoms with Gasteiger partial charge in [-0.15, -0.1) is 0 Å². The van der Waals surface area contributed by atoms with E-state index in [9.17, 15) is 4.79 Å². The number of hydrogen-bond donors (Lipinski definition) is 0. The molecule has 0 aliphatic carbocycles. The Morgan fingerprint density at radius 2 is 1.88 bits per heavy atom. The van der Waals surface area contributed by atoms with Crippen LogP contribution in [0.3, 0.4) is 0 Å². The fraction of sp³-hybridized carbons (Fsp3) is 0.333. The van der Waals surface area contributed by atoms with Crippen LogP contribution in [-0.4, -0.2) is 36.0 Å². The summed E-state index contributed by atoms with van der Waals surface area (Å²) in [5.41, 5.74) is 6.15. The molecule has 0 N–H and O–H groups in total. The Balaban J connectivity index is 1.66. The number of carbonyl (C=O) groups is 1. The van der Waals surface area contributed by atoms with Gasteiger partial charge in [0.25, 0.3) is 0 Å². The van der Waals surface area contributed by atoms with Crippen LogP contribution >= 0.6 is 0 Å².